The second kappa shape index (κ2) is 8.94. The molecule has 3 heterocycles. The largest absolute Gasteiger partial charge is 0.454 e. The van der Waals surface area contributed by atoms with Crippen LogP contribution in [0.5, 0.6) is 11.5 Å². The number of aromatic nitrogens is 1. The number of amides is 2. The summed E-state index contributed by atoms with van der Waals surface area (Å²) in [5.41, 5.74) is 3.07. The molecule has 2 aliphatic heterocycles. The van der Waals surface area contributed by atoms with Crippen molar-refractivity contribution in [2.75, 3.05) is 13.3 Å². The van der Waals surface area contributed by atoms with Gasteiger partial charge in [0.15, 0.2) is 11.5 Å². The van der Waals surface area contributed by atoms with Gasteiger partial charge in [-0.1, -0.05) is 37.3 Å². The Morgan fingerprint density at radius 3 is 2.79 bits per heavy atom. The fraction of sp³-hybridized carbons (Fsp3) is 0.269. The Kier molecular flexibility index (Phi) is 5.69. The van der Waals surface area contributed by atoms with Gasteiger partial charge < -0.3 is 19.7 Å². The summed E-state index contributed by atoms with van der Waals surface area (Å²) in [5.74, 6) is 0.530. The molecule has 0 radical (unpaired) electrons. The SMILES string of the molecule is CCCN1C(=O)c2ccccc2[C@H](C(=O)NCc2cccnc2)[C@H]1c1ccc2c(c1)OCO2. The molecule has 0 bridgehead atoms. The van der Waals surface area contributed by atoms with Crippen molar-refractivity contribution in [3.05, 3.63) is 89.2 Å². The molecule has 3 aromatic rings. The van der Waals surface area contributed by atoms with Crippen LogP contribution in [0.1, 0.15) is 52.4 Å². The van der Waals surface area contributed by atoms with E-state index >= 15 is 0 Å². The van der Waals surface area contributed by atoms with E-state index in [4.69, 9.17) is 9.47 Å². The third-order valence-electron chi connectivity index (χ3n) is 6.11. The van der Waals surface area contributed by atoms with Crippen molar-refractivity contribution in [2.45, 2.75) is 31.8 Å². The summed E-state index contributed by atoms with van der Waals surface area (Å²) in [7, 11) is 0. The van der Waals surface area contributed by atoms with E-state index in [1.807, 2.05) is 60.4 Å². The van der Waals surface area contributed by atoms with Crippen molar-refractivity contribution in [1.29, 1.82) is 0 Å². The van der Waals surface area contributed by atoms with Gasteiger partial charge in [-0.05, 0) is 47.4 Å². The number of hydrogen-bond acceptors (Lipinski definition) is 5. The number of carbonyl (C=O) groups is 2. The van der Waals surface area contributed by atoms with E-state index in [1.54, 1.807) is 18.5 Å². The highest BCUT2D eigenvalue weighted by molar-refractivity contribution is 6.01. The summed E-state index contributed by atoms with van der Waals surface area (Å²) in [6.07, 6.45) is 4.21. The number of benzene rings is 2. The number of hydrogen-bond donors (Lipinski definition) is 1. The van der Waals surface area contributed by atoms with Crippen LogP contribution in [0.4, 0.5) is 0 Å². The van der Waals surface area contributed by atoms with Crippen LogP contribution in [0.25, 0.3) is 0 Å². The zero-order valence-electron chi connectivity index (χ0n) is 18.4. The third kappa shape index (κ3) is 3.91. The number of ether oxygens (including phenoxy) is 2. The van der Waals surface area contributed by atoms with Crippen LogP contribution >= 0.6 is 0 Å². The molecule has 2 aromatic carbocycles. The van der Waals surface area contributed by atoms with Gasteiger partial charge in [0.2, 0.25) is 12.7 Å². The zero-order valence-corrected chi connectivity index (χ0v) is 18.4. The molecule has 33 heavy (non-hydrogen) atoms. The molecule has 1 aromatic heterocycles. The van der Waals surface area contributed by atoms with Gasteiger partial charge >= 0.3 is 0 Å². The molecule has 0 saturated carbocycles. The molecule has 0 unspecified atom stereocenters. The minimum absolute atomic E-state index is 0.0635. The predicted molar refractivity (Wildman–Crippen MR) is 122 cm³/mol. The molecular formula is C26H25N3O4. The maximum absolute atomic E-state index is 13.7. The molecule has 2 aliphatic rings. The number of pyridine rings is 1. The van der Waals surface area contributed by atoms with Crippen LogP contribution in [0.15, 0.2) is 67.0 Å². The van der Waals surface area contributed by atoms with Crippen LogP contribution in [0.3, 0.4) is 0 Å². The smallest absolute Gasteiger partial charge is 0.254 e. The van der Waals surface area contributed by atoms with Crippen LogP contribution in [-0.4, -0.2) is 35.0 Å². The first-order valence-corrected chi connectivity index (χ1v) is 11.1. The van der Waals surface area contributed by atoms with Gasteiger partial charge in [-0.3, -0.25) is 14.6 Å². The monoisotopic (exact) mass is 443 g/mol. The fourth-order valence-electron chi connectivity index (χ4n) is 4.63. The van der Waals surface area contributed by atoms with E-state index in [0.29, 0.717) is 30.2 Å². The first-order valence-electron chi connectivity index (χ1n) is 11.1. The van der Waals surface area contributed by atoms with E-state index in [9.17, 15) is 9.59 Å². The number of fused-ring (bicyclic) bond motifs is 2. The Balaban J connectivity index is 1.57. The van der Waals surface area contributed by atoms with Crippen molar-refractivity contribution in [1.82, 2.24) is 15.2 Å². The van der Waals surface area contributed by atoms with Crippen LogP contribution in [0.2, 0.25) is 0 Å². The maximum Gasteiger partial charge on any atom is 0.254 e. The molecule has 7 heteroatoms. The molecular weight excluding hydrogens is 418 g/mol. The second-order valence-corrected chi connectivity index (χ2v) is 8.20. The van der Waals surface area contributed by atoms with Crippen molar-refractivity contribution >= 4 is 11.8 Å². The Bertz CT molecular complexity index is 1180. The average Bonchev–Trinajstić information content (AvgIpc) is 3.33. The Morgan fingerprint density at radius 1 is 1.12 bits per heavy atom. The minimum Gasteiger partial charge on any atom is -0.454 e. The summed E-state index contributed by atoms with van der Waals surface area (Å²) < 4.78 is 11.1. The fourth-order valence-corrected chi connectivity index (χ4v) is 4.63. The standard InChI is InChI=1S/C26H25N3O4/c1-2-12-29-24(18-9-10-21-22(13-18)33-16-32-21)23(19-7-3-4-8-20(19)26(29)31)25(30)28-15-17-6-5-11-27-14-17/h3-11,13-14,23-24H,2,12,15-16H2,1H3,(H,28,30)/t23-,24+/m0/s1. The van der Waals surface area contributed by atoms with Gasteiger partial charge in [0.25, 0.3) is 5.91 Å². The second-order valence-electron chi connectivity index (χ2n) is 8.20. The molecule has 5 rings (SSSR count). The molecule has 1 N–H and O–H groups in total. The average molecular weight is 444 g/mol. The van der Waals surface area contributed by atoms with Crippen LogP contribution in [0, 0.1) is 0 Å². The zero-order chi connectivity index (χ0) is 22.8. The summed E-state index contributed by atoms with van der Waals surface area (Å²) in [6, 6.07) is 16.3. The van der Waals surface area contributed by atoms with E-state index in [0.717, 1.165) is 23.1 Å². The van der Waals surface area contributed by atoms with E-state index < -0.39 is 12.0 Å². The van der Waals surface area contributed by atoms with Gasteiger partial charge in [-0.15, -0.1) is 0 Å². The molecule has 7 nitrogen and oxygen atoms in total. The van der Waals surface area contributed by atoms with Crippen LogP contribution < -0.4 is 14.8 Å². The molecule has 0 fully saturated rings. The molecule has 0 saturated heterocycles. The predicted octanol–water partition coefficient (Wildman–Crippen LogP) is 3.82. The normalized spacial score (nSPS) is 18.7. The number of rotatable bonds is 6. The summed E-state index contributed by atoms with van der Waals surface area (Å²) in [6.45, 7) is 3.10. The molecule has 2 amide bonds. The quantitative estimate of drug-likeness (QED) is 0.627. The van der Waals surface area contributed by atoms with E-state index in [-0.39, 0.29) is 18.6 Å². The Hall–Kier alpha value is -3.87. The lowest BCUT2D eigenvalue weighted by Crippen LogP contribution is -2.47. The van der Waals surface area contributed by atoms with Gasteiger partial charge in [0, 0.05) is 31.0 Å². The molecule has 0 spiro atoms. The van der Waals surface area contributed by atoms with Crippen LogP contribution in [-0.2, 0) is 11.3 Å². The molecule has 0 aliphatic carbocycles. The van der Waals surface area contributed by atoms with Crippen molar-refractivity contribution in [3.63, 3.8) is 0 Å². The lowest BCUT2D eigenvalue weighted by Gasteiger charge is -2.41. The van der Waals surface area contributed by atoms with Gasteiger partial charge in [-0.25, -0.2) is 0 Å². The third-order valence-corrected chi connectivity index (χ3v) is 6.11. The number of carbonyl (C=O) groups excluding carboxylic acids is 2. The number of nitrogens with one attached hydrogen (secondary N) is 1. The molecule has 168 valence electrons. The van der Waals surface area contributed by atoms with E-state index in [2.05, 4.69) is 10.3 Å². The Morgan fingerprint density at radius 2 is 1.97 bits per heavy atom. The maximum atomic E-state index is 13.7. The molecule has 2 atom stereocenters. The topological polar surface area (TPSA) is 80.8 Å². The van der Waals surface area contributed by atoms with Crippen molar-refractivity contribution < 1.29 is 19.1 Å². The first-order chi connectivity index (χ1) is 16.2. The van der Waals surface area contributed by atoms with Gasteiger partial charge in [-0.2, -0.15) is 0 Å². The lowest BCUT2D eigenvalue weighted by atomic mass is 9.79. The highest BCUT2D eigenvalue weighted by Gasteiger charge is 2.44. The van der Waals surface area contributed by atoms with Crippen molar-refractivity contribution in [3.8, 4) is 11.5 Å². The summed E-state index contributed by atoms with van der Waals surface area (Å²) >= 11 is 0. The van der Waals surface area contributed by atoms with Crippen molar-refractivity contribution in [2.24, 2.45) is 0 Å². The highest BCUT2D eigenvalue weighted by atomic mass is 16.7. The van der Waals surface area contributed by atoms with Gasteiger partial charge in [0.1, 0.15) is 0 Å². The summed E-state index contributed by atoms with van der Waals surface area (Å²) in [5, 5.41) is 3.07. The lowest BCUT2D eigenvalue weighted by molar-refractivity contribution is -0.124. The Labute approximate surface area is 192 Å². The highest BCUT2D eigenvalue weighted by Crippen LogP contribution is 2.45. The minimum atomic E-state index is -0.567. The van der Waals surface area contributed by atoms with Gasteiger partial charge in [0.05, 0.1) is 12.0 Å². The number of nitrogens with zero attached hydrogens (tertiary/aromatic N) is 2. The van der Waals surface area contributed by atoms with E-state index in [1.165, 1.54) is 0 Å². The first kappa shape index (κ1) is 21.0. The summed E-state index contributed by atoms with van der Waals surface area (Å²) in [4.78, 5) is 33.1.